The molecule has 0 aromatic heterocycles. The van der Waals surface area contributed by atoms with E-state index >= 15 is 0 Å². The molecule has 49 heavy (non-hydrogen) atoms. The number of nitro benzene ring substituents is 2. The number of nitro groups is 2. The van der Waals surface area contributed by atoms with E-state index in [9.17, 15) is 34.6 Å². The average molecular weight is 673 g/mol. The minimum absolute atomic E-state index is 0.0161. The number of fused-ring (bicyclic) bond motifs is 2. The van der Waals surface area contributed by atoms with Crippen LogP contribution >= 0.6 is 0 Å². The monoisotopic (exact) mass is 672 g/mol. The number of hydrogen-bond acceptors (Lipinski definition) is 10. The Morgan fingerprint density at radius 2 is 1.37 bits per heavy atom. The number of nitrogens with zero attached hydrogens (tertiary/aromatic N) is 3. The number of amides is 3. The molecule has 0 saturated carbocycles. The van der Waals surface area contributed by atoms with Crippen molar-refractivity contribution in [3.8, 4) is 11.8 Å². The number of carbonyl (C=O) groups excluding carboxylic acids is 3. The Morgan fingerprint density at radius 3 is 2.08 bits per heavy atom. The highest BCUT2D eigenvalue weighted by Gasteiger charge is 2.21. The highest BCUT2D eigenvalue weighted by molar-refractivity contribution is 5.95. The zero-order chi connectivity index (χ0) is 35.0. The number of rotatable bonds is 18. The van der Waals surface area contributed by atoms with E-state index in [1.54, 1.807) is 4.90 Å². The van der Waals surface area contributed by atoms with E-state index in [-0.39, 0.29) is 94.4 Å². The highest BCUT2D eigenvalue weighted by Crippen LogP contribution is 2.29. The topological polar surface area (TPSA) is 195 Å². The van der Waals surface area contributed by atoms with E-state index in [4.69, 9.17) is 9.47 Å². The summed E-state index contributed by atoms with van der Waals surface area (Å²) >= 11 is 0. The molecule has 15 nitrogen and oxygen atoms in total. The van der Waals surface area contributed by atoms with Crippen LogP contribution in [0.4, 0.5) is 22.7 Å². The van der Waals surface area contributed by atoms with Crippen molar-refractivity contribution < 1.29 is 33.7 Å². The van der Waals surface area contributed by atoms with E-state index in [0.29, 0.717) is 6.54 Å². The lowest BCUT2D eigenvalue weighted by Crippen LogP contribution is -2.35. The average Bonchev–Trinajstić information content (AvgIpc) is 3.09. The van der Waals surface area contributed by atoms with Gasteiger partial charge in [-0.2, -0.15) is 0 Å². The summed E-state index contributed by atoms with van der Waals surface area (Å²) in [5.41, 5.74) is 2.65. The van der Waals surface area contributed by atoms with Crippen LogP contribution < -0.4 is 20.9 Å². The molecule has 15 heteroatoms. The molecule has 3 N–H and O–H groups in total. The van der Waals surface area contributed by atoms with E-state index < -0.39 is 15.5 Å². The lowest BCUT2D eigenvalue weighted by atomic mass is 10.0. The number of carbonyl (C=O) groups is 3. The minimum Gasteiger partial charge on any atom is -0.377 e. The molecule has 1 aliphatic rings. The number of para-hydroxylation sites is 1. The molecule has 0 unspecified atom stereocenters. The van der Waals surface area contributed by atoms with Gasteiger partial charge < -0.3 is 30.3 Å². The normalized spacial score (nSPS) is 11.5. The molecule has 3 amide bonds. The van der Waals surface area contributed by atoms with Gasteiger partial charge in [-0.15, -0.1) is 0 Å². The van der Waals surface area contributed by atoms with Gasteiger partial charge in [0, 0.05) is 56.1 Å². The lowest BCUT2D eigenvalue weighted by Gasteiger charge is -2.26. The Balaban J connectivity index is 1.04. The number of anilines is 2. The summed E-state index contributed by atoms with van der Waals surface area (Å²) in [5.74, 6) is 5.54. The molecule has 0 atom stereocenters. The predicted molar refractivity (Wildman–Crippen MR) is 180 cm³/mol. The van der Waals surface area contributed by atoms with Crippen LogP contribution in [0.2, 0.25) is 0 Å². The second kappa shape index (κ2) is 18.5. The summed E-state index contributed by atoms with van der Waals surface area (Å²) in [6.45, 7) is 1.90. The fourth-order valence-corrected chi connectivity index (χ4v) is 4.83. The number of benzene rings is 3. The predicted octanol–water partition coefficient (Wildman–Crippen LogP) is 3.30. The van der Waals surface area contributed by atoms with Gasteiger partial charge in [0.15, 0.2) is 0 Å². The van der Waals surface area contributed by atoms with E-state index in [2.05, 4.69) is 27.8 Å². The molecule has 1 aliphatic heterocycles. The van der Waals surface area contributed by atoms with Gasteiger partial charge in [-0.1, -0.05) is 42.2 Å². The van der Waals surface area contributed by atoms with Crippen LogP contribution in [-0.4, -0.2) is 73.6 Å². The van der Waals surface area contributed by atoms with Crippen LogP contribution in [0.3, 0.4) is 0 Å². The Kier molecular flexibility index (Phi) is 13.6. The summed E-state index contributed by atoms with van der Waals surface area (Å²) in [6.07, 6.45) is 0.0425. The first kappa shape index (κ1) is 36.0. The van der Waals surface area contributed by atoms with Crippen LogP contribution in [-0.2, 0) is 30.4 Å². The van der Waals surface area contributed by atoms with Crippen molar-refractivity contribution in [3.63, 3.8) is 0 Å². The number of nitrogens with one attached hydrogen (secondary N) is 3. The van der Waals surface area contributed by atoms with Gasteiger partial charge in [0.05, 0.1) is 54.6 Å². The second-order valence-electron chi connectivity index (χ2n) is 10.7. The molecule has 0 radical (unpaired) electrons. The second-order valence-corrected chi connectivity index (χ2v) is 10.7. The number of hydrogen-bond donors (Lipinski definition) is 3. The zero-order valence-electron chi connectivity index (χ0n) is 26.6. The smallest absolute Gasteiger partial charge is 0.299 e. The molecule has 0 bridgehead atoms. The molecule has 0 saturated heterocycles. The molecule has 4 rings (SSSR count). The van der Waals surface area contributed by atoms with Crippen LogP contribution in [0.1, 0.15) is 36.0 Å². The lowest BCUT2D eigenvalue weighted by molar-refractivity contribution is -0.393. The molecule has 0 spiro atoms. The largest absolute Gasteiger partial charge is 0.377 e. The van der Waals surface area contributed by atoms with Crippen molar-refractivity contribution in [2.75, 3.05) is 56.3 Å². The van der Waals surface area contributed by atoms with Crippen molar-refractivity contribution in [3.05, 3.63) is 104 Å². The summed E-state index contributed by atoms with van der Waals surface area (Å²) < 4.78 is 10.8. The van der Waals surface area contributed by atoms with E-state index in [1.807, 2.05) is 48.5 Å². The minimum atomic E-state index is -0.703. The van der Waals surface area contributed by atoms with Crippen molar-refractivity contribution in [1.82, 2.24) is 10.6 Å². The van der Waals surface area contributed by atoms with Gasteiger partial charge in [0.2, 0.25) is 17.7 Å². The van der Waals surface area contributed by atoms with Crippen molar-refractivity contribution in [1.29, 1.82) is 0 Å². The fourth-order valence-electron chi connectivity index (χ4n) is 4.83. The third-order valence-electron chi connectivity index (χ3n) is 7.30. The van der Waals surface area contributed by atoms with Crippen LogP contribution in [0.25, 0.3) is 0 Å². The zero-order valence-corrected chi connectivity index (χ0v) is 26.6. The third-order valence-corrected chi connectivity index (χ3v) is 7.30. The molecular weight excluding hydrogens is 636 g/mol. The standard InChI is InChI=1S/C34H36N6O9/c41-32(36-16-15-34(43)38-24-27-7-2-1-5-25(27)9-10-26-6-3-4-8-30(26)38)13-14-33(42)37-18-20-49-22-21-48-19-17-35-29-12-11-28(39(44)45)23-31(29)40(46)47/h1-8,11-12,23,35H,13-22,24H2,(H,36,41)(H,37,42). The maximum absolute atomic E-state index is 13.3. The summed E-state index contributed by atoms with van der Waals surface area (Å²) in [4.78, 5) is 60.0. The number of non-ortho nitro benzene ring substituents is 1. The highest BCUT2D eigenvalue weighted by atomic mass is 16.6. The molecule has 1 heterocycles. The summed E-state index contributed by atoms with van der Waals surface area (Å²) in [6, 6.07) is 18.5. The Bertz CT molecular complexity index is 1740. The van der Waals surface area contributed by atoms with Crippen molar-refractivity contribution >= 4 is 40.5 Å². The molecule has 256 valence electrons. The van der Waals surface area contributed by atoms with Crippen molar-refractivity contribution in [2.24, 2.45) is 0 Å². The van der Waals surface area contributed by atoms with Gasteiger partial charge in [-0.05, 0) is 29.8 Å². The summed E-state index contributed by atoms with van der Waals surface area (Å²) in [7, 11) is 0. The van der Waals surface area contributed by atoms with E-state index in [1.165, 1.54) is 12.1 Å². The summed E-state index contributed by atoms with van der Waals surface area (Å²) in [5, 5.41) is 30.2. The molecular formula is C34H36N6O9. The SMILES string of the molecule is O=C(CCC(=O)NCCC(=O)N1Cc2ccccc2C#Cc2ccccc21)NCCOCCOCCNc1ccc([N+](=O)[O-])cc1[N+](=O)[O-]. The van der Waals surface area contributed by atoms with Crippen molar-refractivity contribution in [2.45, 2.75) is 25.8 Å². The first-order valence-corrected chi connectivity index (χ1v) is 15.6. The molecule has 3 aromatic carbocycles. The van der Waals surface area contributed by atoms with Gasteiger partial charge in [-0.3, -0.25) is 34.6 Å². The number of ether oxygens (including phenoxy) is 2. The van der Waals surface area contributed by atoms with Gasteiger partial charge in [0.25, 0.3) is 11.4 Å². The first-order valence-electron chi connectivity index (χ1n) is 15.6. The van der Waals surface area contributed by atoms with Crippen LogP contribution in [0.5, 0.6) is 0 Å². The maximum Gasteiger partial charge on any atom is 0.299 e. The van der Waals surface area contributed by atoms with E-state index in [0.717, 1.165) is 28.4 Å². The Hall–Kier alpha value is -5.85. The van der Waals surface area contributed by atoms with Gasteiger partial charge >= 0.3 is 0 Å². The fraction of sp³-hybridized carbons (Fsp3) is 0.324. The third kappa shape index (κ3) is 11.1. The quantitative estimate of drug-likeness (QED) is 0.0781. The molecule has 3 aromatic rings. The van der Waals surface area contributed by atoms with Gasteiger partial charge in [0.1, 0.15) is 5.69 Å². The maximum atomic E-state index is 13.3. The Labute approximate surface area is 282 Å². The Morgan fingerprint density at radius 1 is 0.735 bits per heavy atom. The first-order chi connectivity index (χ1) is 23.7. The van der Waals surface area contributed by atoms with Crippen LogP contribution in [0.15, 0.2) is 66.7 Å². The van der Waals surface area contributed by atoms with Gasteiger partial charge in [-0.25, -0.2) is 0 Å². The molecule has 0 fully saturated rings. The van der Waals surface area contributed by atoms with Crippen LogP contribution in [0, 0.1) is 32.1 Å². The molecule has 0 aliphatic carbocycles.